The maximum atomic E-state index is 13.5. The van der Waals surface area contributed by atoms with Gasteiger partial charge in [-0.25, -0.2) is 4.39 Å². The first kappa shape index (κ1) is 18.6. The van der Waals surface area contributed by atoms with E-state index >= 15 is 0 Å². The van der Waals surface area contributed by atoms with Crippen molar-refractivity contribution in [1.82, 2.24) is 10.6 Å². The number of halogens is 3. The largest absolute Gasteiger partial charge is 0.356 e. The Labute approximate surface area is 139 Å². The van der Waals surface area contributed by atoms with Crippen molar-refractivity contribution in [3.63, 3.8) is 0 Å². The van der Waals surface area contributed by atoms with Gasteiger partial charge in [0.2, 0.25) is 0 Å². The molecule has 3 nitrogen and oxygen atoms in total. The first-order valence-electron chi connectivity index (χ1n) is 6.05. The Morgan fingerprint density at radius 3 is 2.74 bits per heavy atom. The van der Waals surface area contributed by atoms with Gasteiger partial charge in [-0.1, -0.05) is 29.3 Å². The highest BCUT2D eigenvalue weighted by molar-refractivity contribution is 14.0. The summed E-state index contributed by atoms with van der Waals surface area (Å²) in [7, 11) is 1.71. The Kier molecular flexibility index (Phi) is 10.2. The summed E-state index contributed by atoms with van der Waals surface area (Å²) in [4.78, 5) is 4.09. The van der Waals surface area contributed by atoms with Gasteiger partial charge in [0.1, 0.15) is 5.82 Å². The maximum Gasteiger partial charge on any atom is 0.191 e. The molecule has 6 heteroatoms. The fourth-order valence-corrected chi connectivity index (χ4v) is 1.87. The fourth-order valence-electron chi connectivity index (χ4n) is 1.46. The summed E-state index contributed by atoms with van der Waals surface area (Å²) in [5, 5.41) is 6.27. The summed E-state index contributed by atoms with van der Waals surface area (Å²) in [5.41, 5.74) is 0.614. The molecule has 2 N–H and O–H groups in total. The molecule has 19 heavy (non-hydrogen) atoms. The third kappa shape index (κ3) is 7.10. The van der Waals surface area contributed by atoms with Crippen molar-refractivity contribution in [2.45, 2.75) is 26.3 Å². The zero-order chi connectivity index (χ0) is 13.4. The van der Waals surface area contributed by atoms with Crippen molar-refractivity contribution in [3.8, 4) is 0 Å². The summed E-state index contributed by atoms with van der Waals surface area (Å²) in [5.74, 6) is 0.484. The van der Waals surface area contributed by atoms with Crippen LogP contribution in [0.15, 0.2) is 27.7 Å². The predicted molar refractivity (Wildman–Crippen MR) is 92.6 cm³/mol. The molecule has 0 saturated carbocycles. The molecule has 0 saturated heterocycles. The topological polar surface area (TPSA) is 36.4 Å². The van der Waals surface area contributed by atoms with Gasteiger partial charge < -0.3 is 10.6 Å². The molecule has 0 fully saturated rings. The minimum absolute atomic E-state index is 0. The van der Waals surface area contributed by atoms with Crippen molar-refractivity contribution < 1.29 is 4.39 Å². The molecule has 0 amide bonds. The summed E-state index contributed by atoms with van der Waals surface area (Å²) < 4.78 is 14.4. The number of nitrogens with zero attached hydrogens (tertiary/aromatic N) is 1. The van der Waals surface area contributed by atoms with E-state index in [-0.39, 0.29) is 29.8 Å². The van der Waals surface area contributed by atoms with E-state index in [2.05, 4.69) is 38.5 Å². The molecule has 0 atom stereocenters. The van der Waals surface area contributed by atoms with E-state index in [1.807, 2.05) is 0 Å². The van der Waals surface area contributed by atoms with E-state index in [0.717, 1.165) is 23.9 Å². The van der Waals surface area contributed by atoms with Crippen LogP contribution in [0.25, 0.3) is 0 Å². The Bertz CT molecular complexity index is 413. The molecule has 0 bridgehead atoms. The second-order valence-corrected chi connectivity index (χ2v) is 4.86. The van der Waals surface area contributed by atoms with Gasteiger partial charge in [0, 0.05) is 30.2 Å². The lowest BCUT2D eigenvalue weighted by Crippen LogP contribution is -2.37. The summed E-state index contributed by atoms with van der Waals surface area (Å²) in [6.45, 7) is 3.42. The molecule has 0 aliphatic rings. The van der Waals surface area contributed by atoms with Gasteiger partial charge in [-0.2, -0.15) is 0 Å². The summed E-state index contributed by atoms with van der Waals surface area (Å²) in [6, 6.07) is 4.91. The highest BCUT2D eigenvalue weighted by Gasteiger charge is 2.04. The minimum Gasteiger partial charge on any atom is -0.356 e. The van der Waals surface area contributed by atoms with E-state index in [9.17, 15) is 4.39 Å². The van der Waals surface area contributed by atoms with Gasteiger partial charge in [-0.3, -0.25) is 4.99 Å². The highest BCUT2D eigenvalue weighted by Crippen LogP contribution is 2.15. The third-order valence-corrected chi connectivity index (χ3v) is 2.99. The number of hydrogen-bond donors (Lipinski definition) is 2. The van der Waals surface area contributed by atoms with Gasteiger partial charge in [0.15, 0.2) is 5.96 Å². The molecule has 1 aromatic rings. The van der Waals surface area contributed by atoms with E-state index < -0.39 is 0 Å². The first-order valence-corrected chi connectivity index (χ1v) is 6.85. The van der Waals surface area contributed by atoms with Gasteiger partial charge in [-0.15, -0.1) is 24.0 Å². The number of rotatable bonds is 5. The Morgan fingerprint density at radius 2 is 2.11 bits per heavy atom. The average Bonchev–Trinajstić information content (AvgIpc) is 2.37. The van der Waals surface area contributed by atoms with E-state index in [0.29, 0.717) is 18.1 Å². The molecule has 0 aromatic heterocycles. The Hall–Kier alpha value is -0.370. The van der Waals surface area contributed by atoms with Crippen LogP contribution in [0.5, 0.6) is 0 Å². The lowest BCUT2D eigenvalue weighted by Gasteiger charge is -2.12. The molecule has 1 rings (SSSR count). The summed E-state index contributed by atoms with van der Waals surface area (Å²) in [6.07, 6.45) is 2.22. The molecular weight excluding hydrogens is 424 g/mol. The fraction of sp³-hybridized carbons (Fsp3) is 0.462. The molecule has 0 aliphatic heterocycles. The third-order valence-electron chi connectivity index (χ3n) is 2.50. The zero-order valence-corrected chi connectivity index (χ0v) is 15.1. The van der Waals surface area contributed by atoms with Crippen LogP contribution in [-0.2, 0) is 6.54 Å². The van der Waals surface area contributed by atoms with Crippen molar-refractivity contribution in [2.75, 3.05) is 13.6 Å². The van der Waals surface area contributed by atoms with Crippen LogP contribution in [-0.4, -0.2) is 19.6 Å². The number of nitrogens with one attached hydrogen (secondary N) is 2. The van der Waals surface area contributed by atoms with Crippen LogP contribution in [0.2, 0.25) is 0 Å². The van der Waals surface area contributed by atoms with Crippen LogP contribution >= 0.6 is 39.9 Å². The monoisotopic (exact) mass is 443 g/mol. The molecule has 108 valence electrons. The standard InChI is InChI=1S/C13H19BrFN3.HI/c1-3-4-7-17-13(16-2)18-9-10-8-11(14)5-6-12(10)15;/h5-6,8H,3-4,7,9H2,1-2H3,(H2,16,17,18);1H. The molecule has 0 unspecified atom stereocenters. The Morgan fingerprint density at radius 1 is 1.37 bits per heavy atom. The molecule has 0 radical (unpaired) electrons. The van der Waals surface area contributed by atoms with Gasteiger partial charge in [0.05, 0.1) is 0 Å². The van der Waals surface area contributed by atoms with Gasteiger partial charge >= 0.3 is 0 Å². The Balaban J connectivity index is 0.00000324. The predicted octanol–water partition coefficient (Wildman–Crippen LogP) is 3.67. The van der Waals surface area contributed by atoms with Crippen molar-refractivity contribution >= 4 is 45.9 Å². The zero-order valence-electron chi connectivity index (χ0n) is 11.2. The number of aliphatic imine (C=N–C) groups is 1. The molecular formula is C13H20BrFIN3. The van der Waals surface area contributed by atoms with E-state index in [1.165, 1.54) is 6.07 Å². The van der Waals surface area contributed by atoms with Crippen LogP contribution in [0.3, 0.4) is 0 Å². The summed E-state index contributed by atoms with van der Waals surface area (Å²) >= 11 is 3.33. The molecule has 0 spiro atoms. The van der Waals surface area contributed by atoms with Gasteiger partial charge in [0.25, 0.3) is 0 Å². The SMILES string of the molecule is CCCCNC(=NC)NCc1cc(Br)ccc1F.I. The quantitative estimate of drug-likeness (QED) is 0.315. The number of hydrogen-bond acceptors (Lipinski definition) is 1. The molecule has 0 heterocycles. The normalized spacial score (nSPS) is 10.8. The minimum atomic E-state index is -0.213. The van der Waals surface area contributed by atoms with Crippen molar-refractivity contribution in [3.05, 3.63) is 34.1 Å². The van der Waals surface area contributed by atoms with E-state index in [4.69, 9.17) is 0 Å². The molecule has 1 aromatic carbocycles. The smallest absolute Gasteiger partial charge is 0.191 e. The van der Waals surface area contributed by atoms with Crippen LogP contribution in [0, 0.1) is 5.82 Å². The lowest BCUT2D eigenvalue weighted by molar-refractivity contribution is 0.604. The molecule has 0 aliphatic carbocycles. The van der Waals surface area contributed by atoms with Crippen LogP contribution in [0.4, 0.5) is 4.39 Å². The number of unbranched alkanes of at least 4 members (excludes halogenated alkanes) is 1. The van der Waals surface area contributed by atoms with Crippen molar-refractivity contribution in [2.24, 2.45) is 4.99 Å². The van der Waals surface area contributed by atoms with Crippen LogP contribution < -0.4 is 10.6 Å². The first-order chi connectivity index (χ1) is 8.67. The second-order valence-electron chi connectivity index (χ2n) is 3.94. The number of benzene rings is 1. The highest BCUT2D eigenvalue weighted by atomic mass is 127. The second kappa shape index (κ2) is 10.4. The number of guanidine groups is 1. The van der Waals surface area contributed by atoms with Crippen molar-refractivity contribution in [1.29, 1.82) is 0 Å². The van der Waals surface area contributed by atoms with Crippen LogP contribution in [0.1, 0.15) is 25.3 Å². The average molecular weight is 444 g/mol. The lowest BCUT2D eigenvalue weighted by atomic mass is 10.2. The maximum absolute atomic E-state index is 13.5. The van der Waals surface area contributed by atoms with E-state index in [1.54, 1.807) is 19.2 Å². The van der Waals surface area contributed by atoms with Gasteiger partial charge in [-0.05, 0) is 24.6 Å².